The number of benzene rings is 1. The number of nitrogens with one attached hydrogen (secondary N) is 1. The molecular weight excluding hydrogens is 246 g/mol. The maximum Gasteiger partial charge on any atom is 0.326 e. The molecule has 0 bridgehead atoms. The highest BCUT2D eigenvalue weighted by Crippen LogP contribution is 2.15. The molecule has 0 aromatic heterocycles. The molecule has 19 heavy (non-hydrogen) atoms. The monoisotopic (exact) mass is 265 g/mol. The van der Waals surface area contributed by atoms with Gasteiger partial charge in [0.2, 0.25) is 0 Å². The van der Waals surface area contributed by atoms with E-state index in [1.807, 2.05) is 25.1 Å². The van der Waals surface area contributed by atoms with Crippen molar-refractivity contribution < 1.29 is 19.4 Å². The van der Waals surface area contributed by atoms with Gasteiger partial charge in [0.1, 0.15) is 11.8 Å². The predicted octanol–water partition coefficient (Wildman–Crippen LogP) is 1.60. The number of hydrogen-bond donors (Lipinski definition) is 2. The normalized spacial score (nSPS) is 12.0. The van der Waals surface area contributed by atoms with E-state index in [1.54, 1.807) is 19.9 Å². The van der Waals surface area contributed by atoms with E-state index >= 15 is 0 Å². The van der Waals surface area contributed by atoms with Crippen LogP contribution < -0.4 is 10.1 Å². The summed E-state index contributed by atoms with van der Waals surface area (Å²) in [5.41, 5.74) is 0.925. The van der Waals surface area contributed by atoms with Crippen LogP contribution in [-0.2, 0) is 9.59 Å². The van der Waals surface area contributed by atoms with E-state index in [-0.39, 0.29) is 12.5 Å². The molecule has 5 nitrogen and oxygen atoms in total. The van der Waals surface area contributed by atoms with Gasteiger partial charge in [-0.3, -0.25) is 4.79 Å². The molecule has 1 aromatic carbocycles. The van der Waals surface area contributed by atoms with Crippen molar-refractivity contribution in [1.29, 1.82) is 0 Å². The van der Waals surface area contributed by atoms with Gasteiger partial charge in [-0.25, -0.2) is 4.79 Å². The van der Waals surface area contributed by atoms with Crippen LogP contribution in [0.3, 0.4) is 0 Å². The Hall–Kier alpha value is -2.04. The molecule has 0 radical (unpaired) electrons. The van der Waals surface area contributed by atoms with Gasteiger partial charge in [0, 0.05) is 0 Å². The van der Waals surface area contributed by atoms with E-state index in [0.29, 0.717) is 5.75 Å². The zero-order valence-corrected chi connectivity index (χ0v) is 11.3. The highest BCUT2D eigenvalue weighted by Gasteiger charge is 2.23. The lowest BCUT2D eigenvalue weighted by atomic mass is 10.1. The SMILES string of the molecule is Cc1ccccc1OCC(=O)N[C@@H](C(=O)O)C(C)C. The van der Waals surface area contributed by atoms with Gasteiger partial charge >= 0.3 is 5.97 Å². The van der Waals surface area contributed by atoms with Crippen LogP contribution >= 0.6 is 0 Å². The third-order valence-electron chi connectivity index (χ3n) is 2.70. The number of aliphatic carboxylic acids is 1. The average molecular weight is 265 g/mol. The first-order valence-corrected chi connectivity index (χ1v) is 6.12. The standard InChI is InChI=1S/C14H19NO4/c1-9(2)13(14(17)18)15-12(16)8-19-11-7-5-4-6-10(11)3/h4-7,9,13H,8H2,1-3H3,(H,15,16)(H,17,18)/t13-/m1/s1. The Labute approximate surface area is 112 Å². The van der Waals surface area contributed by atoms with E-state index in [4.69, 9.17) is 9.84 Å². The van der Waals surface area contributed by atoms with Crippen molar-refractivity contribution in [3.8, 4) is 5.75 Å². The topological polar surface area (TPSA) is 75.6 Å². The average Bonchev–Trinajstić information content (AvgIpc) is 2.34. The molecular formula is C14H19NO4. The summed E-state index contributed by atoms with van der Waals surface area (Å²) in [6, 6.07) is 6.43. The maximum atomic E-state index is 11.6. The Morgan fingerprint density at radius 1 is 1.32 bits per heavy atom. The van der Waals surface area contributed by atoms with Gasteiger partial charge < -0.3 is 15.2 Å². The second-order valence-electron chi connectivity index (χ2n) is 4.68. The van der Waals surface area contributed by atoms with Crippen LogP contribution in [-0.4, -0.2) is 29.6 Å². The van der Waals surface area contributed by atoms with Gasteiger partial charge in [0.05, 0.1) is 0 Å². The van der Waals surface area contributed by atoms with E-state index < -0.39 is 17.9 Å². The number of hydrogen-bond acceptors (Lipinski definition) is 3. The number of carboxylic acids is 1. The number of carbonyl (C=O) groups excluding carboxylic acids is 1. The third kappa shape index (κ3) is 4.62. The second-order valence-corrected chi connectivity index (χ2v) is 4.68. The zero-order chi connectivity index (χ0) is 14.4. The molecule has 5 heteroatoms. The van der Waals surface area contributed by atoms with Crippen molar-refractivity contribution in [1.82, 2.24) is 5.32 Å². The van der Waals surface area contributed by atoms with Gasteiger partial charge in [0.15, 0.2) is 6.61 Å². The van der Waals surface area contributed by atoms with Crippen molar-refractivity contribution in [2.24, 2.45) is 5.92 Å². The molecule has 104 valence electrons. The summed E-state index contributed by atoms with van der Waals surface area (Å²) in [5, 5.41) is 11.4. The Balaban J connectivity index is 2.52. The Kier molecular flexibility index (Phi) is 5.36. The van der Waals surface area contributed by atoms with Crippen LogP contribution in [0.15, 0.2) is 24.3 Å². The fourth-order valence-corrected chi connectivity index (χ4v) is 1.59. The van der Waals surface area contributed by atoms with Crippen LogP contribution in [0.1, 0.15) is 19.4 Å². The smallest absolute Gasteiger partial charge is 0.326 e. The molecule has 1 aromatic rings. The molecule has 0 spiro atoms. The Morgan fingerprint density at radius 3 is 2.47 bits per heavy atom. The summed E-state index contributed by atoms with van der Waals surface area (Å²) >= 11 is 0. The van der Waals surface area contributed by atoms with Gasteiger partial charge in [-0.2, -0.15) is 0 Å². The first-order chi connectivity index (χ1) is 8.91. The zero-order valence-electron chi connectivity index (χ0n) is 11.3. The van der Waals surface area contributed by atoms with Crippen LogP contribution in [0.2, 0.25) is 0 Å². The molecule has 1 atom stereocenters. The molecule has 1 rings (SSSR count). The van der Waals surface area contributed by atoms with Crippen LogP contribution in [0, 0.1) is 12.8 Å². The molecule has 0 saturated carbocycles. The molecule has 0 fully saturated rings. The van der Waals surface area contributed by atoms with Crippen LogP contribution in [0.25, 0.3) is 0 Å². The van der Waals surface area contributed by atoms with Crippen molar-refractivity contribution in [3.05, 3.63) is 29.8 Å². The molecule has 0 unspecified atom stereocenters. The van der Waals surface area contributed by atoms with Gasteiger partial charge in [-0.1, -0.05) is 32.0 Å². The van der Waals surface area contributed by atoms with Crippen molar-refractivity contribution in [3.63, 3.8) is 0 Å². The lowest BCUT2D eigenvalue weighted by Gasteiger charge is -2.18. The molecule has 1 amide bonds. The summed E-state index contributed by atoms with van der Waals surface area (Å²) in [7, 11) is 0. The van der Waals surface area contributed by atoms with Crippen LogP contribution in [0.4, 0.5) is 0 Å². The number of carboxylic acid groups (broad SMARTS) is 1. The number of amides is 1. The number of aryl methyl sites for hydroxylation is 1. The Bertz CT molecular complexity index is 457. The van der Waals surface area contributed by atoms with Crippen LogP contribution in [0.5, 0.6) is 5.75 Å². The summed E-state index contributed by atoms with van der Waals surface area (Å²) in [4.78, 5) is 22.6. The highest BCUT2D eigenvalue weighted by molar-refractivity contribution is 5.84. The summed E-state index contributed by atoms with van der Waals surface area (Å²) in [6.07, 6.45) is 0. The fraction of sp³-hybridized carbons (Fsp3) is 0.429. The van der Waals surface area contributed by atoms with E-state index in [2.05, 4.69) is 5.32 Å². The van der Waals surface area contributed by atoms with Crippen molar-refractivity contribution in [2.75, 3.05) is 6.61 Å². The molecule has 0 aliphatic heterocycles. The minimum Gasteiger partial charge on any atom is -0.484 e. The lowest BCUT2D eigenvalue weighted by Crippen LogP contribution is -2.46. The number of rotatable bonds is 6. The number of carbonyl (C=O) groups is 2. The largest absolute Gasteiger partial charge is 0.484 e. The van der Waals surface area contributed by atoms with E-state index in [1.165, 1.54) is 0 Å². The number of para-hydroxylation sites is 1. The molecule has 0 aliphatic rings. The molecule has 0 aliphatic carbocycles. The maximum absolute atomic E-state index is 11.6. The minimum absolute atomic E-state index is 0.181. The highest BCUT2D eigenvalue weighted by atomic mass is 16.5. The van der Waals surface area contributed by atoms with Gasteiger partial charge in [0.25, 0.3) is 5.91 Å². The summed E-state index contributed by atoms with van der Waals surface area (Å²) < 4.78 is 5.35. The molecule has 2 N–H and O–H groups in total. The van der Waals surface area contributed by atoms with Gasteiger partial charge in [-0.05, 0) is 24.5 Å². The first kappa shape index (κ1) is 15.0. The van der Waals surface area contributed by atoms with E-state index in [9.17, 15) is 9.59 Å². The second kappa shape index (κ2) is 6.78. The van der Waals surface area contributed by atoms with Gasteiger partial charge in [-0.15, -0.1) is 0 Å². The lowest BCUT2D eigenvalue weighted by molar-refractivity contribution is -0.143. The molecule has 0 saturated heterocycles. The first-order valence-electron chi connectivity index (χ1n) is 6.12. The minimum atomic E-state index is -1.04. The molecule has 0 heterocycles. The third-order valence-corrected chi connectivity index (χ3v) is 2.70. The summed E-state index contributed by atoms with van der Waals surface area (Å²) in [5.74, 6) is -1.04. The van der Waals surface area contributed by atoms with E-state index in [0.717, 1.165) is 5.56 Å². The fourth-order valence-electron chi connectivity index (χ4n) is 1.59. The Morgan fingerprint density at radius 2 is 1.95 bits per heavy atom. The summed E-state index contributed by atoms with van der Waals surface area (Å²) in [6.45, 7) is 5.16. The number of ether oxygens (including phenoxy) is 1. The van der Waals surface area contributed by atoms with Crippen molar-refractivity contribution >= 4 is 11.9 Å². The van der Waals surface area contributed by atoms with Crippen molar-refractivity contribution in [2.45, 2.75) is 26.8 Å². The predicted molar refractivity (Wildman–Crippen MR) is 71.1 cm³/mol. The quantitative estimate of drug-likeness (QED) is 0.819.